The van der Waals surface area contributed by atoms with Gasteiger partial charge in [0, 0.05) is 10.8 Å². The van der Waals surface area contributed by atoms with Crippen molar-refractivity contribution in [1.29, 1.82) is 0 Å². The minimum absolute atomic E-state index is 0.0267. The van der Waals surface area contributed by atoms with Crippen LogP contribution in [-0.4, -0.2) is 0 Å². The molecule has 8 aromatic carbocycles. The topological polar surface area (TPSA) is 13.1 Å². The third kappa shape index (κ3) is 3.65. The highest BCUT2D eigenvalue weighted by Crippen LogP contribution is 2.45. The predicted molar refractivity (Wildman–Crippen MR) is 183 cm³/mol. The molecule has 0 aliphatic heterocycles. The maximum Gasteiger partial charge on any atom is 0.136 e. The van der Waals surface area contributed by atoms with Crippen molar-refractivity contribution in [2.45, 2.75) is 0 Å². The number of hydrogen-bond donors (Lipinski definition) is 0. The van der Waals surface area contributed by atoms with Crippen molar-refractivity contribution in [3.05, 3.63) is 158 Å². The van der Waals surface area contributed by atoms with E-state index < -0.39 is 0 Å². The fraction of sp³-hybridized carbons (Fsp3) is 0. The van der Waals surface area contributed by atoms with Gasteiger partial charge in [-0.2, -0.15) is 0 Å². The Hall–Kier alpha value is -5.66. The van der Waals surface area contributed by atoms with Gasteiger partial charge in [0.2, 0.25) is 0 Å². The molecule has 9 aromatic rings. The summed E-state index contributed by atoms with van der Waals surface area (Å²) in [7, 11) is 0. The van der Waals surface area contributed by atoms with Crippen LogP contribution in [0.1, 0.15) is 4.11 Å². The Morgan fingerprint density at radius 3 is 1.74 bits per heavy atom. The van der Waals surface area contributed by atoms with Crippen LogP contribution in [0.3, 0.4) is 0 Å². The lowest BCUT2D eigenvalue weighted by molar-refractivity contribution is 0.669. The molecule has 9 rings (SSSR count). The molecule has 0 amide bonds. The summed E-state index contributed by atoms with van der Waals surface area (Å²) in [5, 5.41) is 8.53. The van der Waals surface area contributed by atoms with E-state index in [2.05, 4.69) is 127 Å². The average Bonchev–Trinajstić information content (AvgIpc) is 3.48. The van der Waals surface area contributed by atoms with Gasteiger partial charge in [-0.3, -0.25) is 0 Å². The Morgan fingerprint density at radius 1 is 0.395 bits per heavy atom. The molecule has 0 N–H and O–H groups in total. The van der Waals surface area contributed by atoms with Crippen molar-refractivity contribution in [2.75, 3.05) is 0 Å². The quantitative estimate of drug-likeness (QED) is 0.200. The van der Waals surface area contributed by atoms with Crippen molar-refractivity contribution in [1.82, 2.24) is 0 Å². The second-order valence-corrected chi connectivity index (χ2v) is 11.0. The van der Waals surface area contributed by atoms with E-state index in [1.54, 1.807) is 6.07 Å². The molecule has 0 saturated heterocycles. The van der Waals surface area contributed by atoms with E-state index >= 15 is 0 Å². The van der Waals surface area contributed by atoms with Gasteiger partial charge in [-0.05, 0) is 83.9 Å². The molecule has 200 valence electrons. The van der Waals surface area contributed by atoms with E-state index in [-0.39, 0.29) is 18.1 Å². The van der Waals surface area contributed by atoms with Crippen LogP contribution in [0.2, 0.25) is 0 Å². The molecule has 43 heavy (non-hydrogen) atoms. The molecular formula is C42H26O. The van der Waals surface area contributed by atoms with Crippen LogP contribution in [0.25, 0.3) is 87.6 Å². The van der Waals surface area contributed by atoms with Gasteiger partial charge in [0.1, 0.15) is 11.2 Å². The Labute approximate surface area is 253 Å². The molecule has 0 fully saturated rings. The summed E-state index contributed by atoms with van der Waals surface area (Å²) in [6, 6.07) is 48.7. The molecule has 0 aliphatic rings. The molecule has 0 aliphatic carbocycles. The van der Waals surface area contributed by atoms with Gasteiger partial charge in [0.25, 0.3) is 0 Å². The Bertz CT molecular complexity index is 2610. The summed E-state index contributed by atoms with van der Waals surface area (Å²) < 4.78 is 30.9. The molecule has 0 spiro atoms. The Kier molecular flexibility index (Phi) is 4.63. The molecule has 0 bridgehead atoms. The van der Waals surface area contributed by atoms with E-state index in [1.165, 1.54) is 38.2 Å². The van der Waals surface area contributed by atoms with Crippen molar-refractivity contribution in [2.24, 2.45) is 0 Å². The van der Waals surface area contributed by atoms with Crippen molar-refractivity contribution in [3.63, 3.8) is 0 Å². The first-order chi connectivity index (χ1) is 22.6. The summed E-state index contributed by atoms with van der Waals surface area (Å²) >= 11 is 0. The predicted octanol–water partition coefficient (Wildman–Crippen LogP) is 12.0. The van der Waals surface area contributed by atoms with Crippen LogP contribution in [0.4, 0.5) is 0 Å². The summed E-state index contributed by atoms with van der Waals surface area (Å²) in [5.41, 5.74) is 8.03. The highest BCUT2D eigenvalue weighted by molar-refractivity contribution is 6.23. The van der Waals surface area contributed by atoms with E-state index in [4.69, 9.17) is 8.53 Å². The molecule has 1 nitrogen and oxygen atoms in total. The zero-order valence-electron chi connectivity index (χ0n) is 26.2. The fourth-order valence-corrected chi connectivity index (χ4v) is 6.86. The van der Waals surface area contributed by atoms with Gasteiger partial charge >= 0.3 is 0 Å². The van der Waals surface area contributed by atoms with Gasteiger partial charge in [0.05, 0.1) is 4.11 Å². The molecule has 0 atom stereocenters. The molecule has 1 heterocycles. The maximum atomic E-state index is 8.43. The first-order valence-corrected chi connectivity index (χ1v) is 14.5. The average molecular weight is 550 g/mol. The zero-order chi connectivity index (χ0) is 30.9. The SMILES string of the molecule is [2H]c1cc2c(oc3ccc4c(-c5cccc(-c6c7ccccc7c(-c7ccccc7)c7ccccc67)c5)cccc4c32)c([2H])c1[2H]. The summed E-state index contributed by atoms with van der Waals surface area (Å²) in [4.78, 5) is 0. The normalized spacial score (nSPS) is 12.7. The lowest BCUT2D eigenvalue weighted by atomic mass is 9.85. The molecule has 1 heteroatoms. The molecule has 1 aromatic heterocycles. The van der Waals surface area contributed by atoms with Crippen LogP contribution in [-0.2, 0) is 0 Å². The van der Waals surface area contributed by atoms with Crippen molar-refractivity contribution >= 4 is 54.3 Å². The number of hydrogen-bond acceptors (Lipinski definition) is 1. The van der Waals surface area contributed by atoms with Crippen LogP contribution >= 0.6 is 0 Å². The van der Waals surface area contributed by atoms with Crippen LogP contribution in [0.15, 0.2) is 162 Å². The minimum atomic E-state index is -0.120. The minimum Gasteiger partial charge on any atom is -0.456 e. The number of furan rings is 1. The molecule has 0 radical (unpaired) electrons. The van der Waals surface area contributed by atoms with Gasteiger partial charge < -0.3 is 4.42 Å². The van der Waals surface area contributed by atoms with Gasteiger partial charge in [-0.1, -0.05) is 139 Å². The summed E-state index contributed by atoms with van der Waals surface area (Å²) in [5.74, 6) is 0. The van der Waals surface area contributed by atoms with Crippen LogP contribution < -0.4 is 0 Å². The van der Waals surface area contributed by atoms with Crippen LogP contribution in [0.5, 0.6) is 0 Å². The highest BCUT2D eigenvalue weighted by Gasteiger charge is 2.17. The largest absolute Gasteiger partial charge is 0.456 e. The smallest absolute Gasteiger partial charge is 0.136 e. The van der Waals surface area contributed by atoms with Gasteiger partial charge in [-0.25, -0.2) is 0 Å². The fourth-order valence-electron chi connectivity index (χ4n) is 6.86. The molecule has 0 unspecified atom stereocenters. The Balaban J connectivity index is 1.30. The Morgan fingerprint density at radius 2 is 1.00 bits per heavy atom. The van der Waals surface area contributed by atoms with E-state index in [9.17, 15) is 0 Å². The third-order valence-electron chi connectivity index (χ3n) is 8.67. The first kappa shape index (κ1) is 21.1. The lowest BCUT2D eigenvalue weighted by Crippen LogP contribution is -1.91. The van der Waals surface area contributed by atoms with E-state index in [0.29, 0.717) is 16.6 Å². The number of para-hydroxylation sites is 1. The summed E-state index contributed by atoms with van der Waals surface area (Å²) in [6.45, 7) is 0. The van der Waals surface area contributed by atoms with E-state index in [0.717, 1.165) is 32.8 Å². The maximum absolute atomic E-state index is 8.43. The monoisotopic (exact) mass is 549 g/mol. The zero-order valence-corrected chi connectivity index (χ0v) is 23.2. The second-order valence-electron chi connectivity index (χ2n) is 11.0. The van der Waals surface area contributed by atoms with Gasteiger partial charge in [0.15, 0.2) is 0 Å². The van der Waals surface area contributed by atoms with Crippen molar-refractivity contribution < 1.29 is 8.53 Å². The number of benzene rings is 8. The highest BCUT2D eigenvalue weighted by atomic mass is 16.3. The second kappa shape index (κ2) is 9.44. The first-order valence-electron chi connectivity index (χ1n) is 16.0. The summed E-state index contributed by atoms with van der Waals surface area (Å²) in [6.07, 6.45) is 0. The van der Waals surface area contributed by atoms with Crippen LogP contribution in [0, 0.1) is 0 Å². The molecular weight excluding hydrogens is 520 g/mol. The third-order valence-corrected chi connectivity index (χ3v) is 8.67. The van der Waals surface area contributed by atoms with Gasteiger partial charge in [-0.15, -0.1) is 0 Å². The number of rotatable bonds is 3. The number of fused-ring (bicyclic) bond motifs is 7. The van der Waals surface area contributed by atoms with E-state index in [1.807, 2.05) is 6.07 Å². The van der Waals surface area contributed by atoms with Crippen molar-refractivity contribution in [3.8, 4) is 33.4 Å². The molecule has 0 saturated carbocycles. The standard InChI is InChI=1S/C42H26O/c1-2-12-27(13-3-1)40-33-16-4-6-18-35(33)41(36-19-7-5-17-34(36)40)29-15-10-14-28(26-29)30-21-11-22-32-31(30)24-25-39-42(32)37-20-8-9-23-38(37)43-39/h1-26H/i8D,9D,23D. The lowest BCUT2D eigenvalue weighted by Gasteiger charge is -2.18.